The van der Waals surface area contributed by atoms with Gasteiger partial charge in [0.1, 0.15) is 11.6 Å². The molecule has 1 aromatic heterocycles. The first-order valence-corrected chi connectivity index (χ1v) is 5.75. The number of nitrogens with one attached hydrogen (secondary N) is 3. The first-order valence-electron chi connectivity index (χ1n) is 5.75. The van der Waals surface area contributed by atoms with Crippen LogP contribution in [0.4, 0.5) is 5.82 Å². The maximum Gasteiger partial charge on any atom is 0.252 e. The molecule has 0 aromatic carbocycles. The molecule has 100 valence electrons. The molecule has 7 heteroatoms. The first-order chi connectivity index (χ1) is 8.65. The number of carbonyl (C=O) groups excluding carboxylic acids is 1. The highest BCUT2D eigenvalue weighted by atomic mass is 16.5. The predicted molar refractivity (Wildman–Crippen MR) is 67.6 cm³/mol. The highest BCUT2D eigenvalue weighted by Gasteiger charge is 2.03. The number of H-pyrrole nitrogens is 1. The highest BCUT2D eigenvalue weighted by molar-refractivity contribution is 5.80. The van der Waals surface area contributed by atoms with Crippen molar-refractivity contribution in [2.45, 2.75) is 13.3 Å². The van der Waals surface area contributed by atoms with Crippen LogP contribution in [0.15, 0.2) is 10.9 Å². The van der Waals surface area contributed by atoms with Crippen molar-refractivity contribution in [3.05, 3.63) is 22.2 Å². The number of aryl methyl sites for hydroxylation is 1. The van der Waals surface area contributed by atoms with Crippen LogP contribution in [0.3, 0.4) is 0 Å². The number of hydrogen-bond acceptors (Lipinski definition) is 5. The molecule has 0 saturated heterocycles. The molecule has 0 spiro atoms. The maximum absolute atomic E-state index is 11.4. The SMILES string of the molecule is CCc1nc(NCC(=O)NCCOC)cc(=O)[nH]1. The van der Waals surface area contributed by atoms with Crippen LogP contribution in [-0.4, -0.2) is 42.7 Å². The van der Waals surface area contributed by atoms with E-state index in [1.807, 2.05) is 6.92 Å². The summed E-state index contributed by atoms with van der Waals surface area (Å²) in [6.45, 7) is 2.89. The smallest absolute Gasteiger partial charge is 0.252 e. The van der Waals surface area contributed by atoms with Gasteiger partial charge in [0.05, 0.1) is 13.2 Å². The van der Waals surface area contributed by atoms with E-state index in [1.165, 1.54) is 6.07 Å². The fourth-order valence-electron chi connectivity index (χ4n) is 1.29. The molecular formula is C11H18N4O3. The van der Waals surface area contributed by atoms with Crippen LogP contribution in [0, 0.1) is 0 Å². The van der Waals surface area contributed by atoms with Gasteiger partial charge in [-0.25, -0.2) is 4.98 Å². The van der Waals surface area contributed by atoms with Crippen molar-refractivity contribution >= 4 is 11.7 Å². The molecule has 0 fully saturated rings. The summed E-state index contributed by atoms with van der Waals surface area (Å²) in [5, 5.41) is 5.46. The van der Waals surface area contributed by atoms with E-state index in [0.29, 0.717) is 31.2 Å². The largest absolute Gasteiger partial charge is 0.383 e. The number of carbonyl (C=O) groups is 1. The van der Waals surface area contributed by atoms with Crippen LogP contribution in [0.5, 0.6) is 0 Å². The van der Waals surface area contributed by atoms with E-state index in [-0.39, 0.29) is 18.0 Å². The second-order valence-electron chi connectivity index (χ2n) is 3.63. The molecule has 0 saturated carbocycles. The Balaban J connectivity index is 2.45. The van der Waals surface area contributed by atoms with Crippen molar-refractivity contribution in [1.29, 1.82) is 0 Å². The van der Waals surface area contributed by atoms with Gasteiger partial charge < -0.3 is 20.4 Å². The van der Waals surface area contributed by atoms with Crippen molar-refractivity contribution in [3.8, 4) is 0 Å². The maximum atomic E-state index is 11.4. The monoisotopic (exact) mass is 254 g/mol. The van der Waals surface area contributed by atoms with Gasteiger partial charge in [0, 0.05) is 26.1 Å². The molecule has 1 amide bonds. The molecule has 0 aliphatic heterocycles. The summed E-state index contributed by atoms with van der Waals surface area (Å²) in [6.07, 6.45) is 0.630. The van der Waals surface area contributed by atoms with Gasteiger partial charge in [-0.2, -0.15) is 0 Å². The fourth-order valence-corrected chi connectivity index (χ4v) is 1.29. The summed E-state index contributed by atoms with van der Waals surface area (Å²) < 4.78 is 4.81. The third-order valence-corrected chi connectivity index (χ3v) is 2.18. The molecule has 0 atom stereocenters. The molecule has 0 radical (unpaired) electrons. The number of nitrogens with zero attached hydrogens (tertiary/aromatic N) is 1. The van der Waals surface area contributed by atoms with E-state index >= 15 is 0 Å². The molecule has 18 heavy (non-hydrogen) atoms. The Kier molecular flexibility index (Phi) is 5.86. The van der Waals surface area contributed by atoms with Gasteiger partial charge in [0.25, 0.3) is 5.56 Å². The third kappa shape index (κ3) is 4.96. The van der Waals surface area contributed by atoms with Crippen LogP contribution in [-0.2, 0) is 16.0 Å². The van der Waals surface area contributed by atoms with E-state index in [1.54, 1.807) is 7.11 Å². The van der Waals surface area contributed by atoms with Gasteiger partial charge in [-0.1, -0.05) is 6.92 Å². The zero-order valence-electron chi connectivity index (χ0n) is 10.6. The van der Waals surface area contributed by atoms with Crippen molar-refractivity contribution in [2.75, 3.05) is 32.1 Å². The number of hydrogen-bond donors (Lipinski definition) is 3. The number of aromatic amines is 1. The van der Waals surface area contributed by atoms with Crippen LogP contribution < -0.4 is 16.2 Å². The number of methoxy groups -OCH3 is 1. The average molecular weight is 254 g/mol. The highest BCUT2D eigenvalue weighted by Crippen LogP contribution is 1.98. The van der Waals surface area contributed by atoms with E-state index in [2.05, 4.69) is 20.6 Å². The fraction of sp³-hybridized carbons (Fsp3) is 0.545. The Morgan fingerprint density at radius 1 is 1.56 bits per heavy atom. The third-order valence-electron chi connectivity index (χ3n) is 2.18. The van der Waals surface area contributed by atoms with Crippen LogP contribution in [0.2, 0.25) is 0 Å². The molecule has 0 aliphatic rings. The minimum atomic E-state index is -0.232. The van der Waals surface area contributed by atoms with Gasteiger partial charge >= 0.3 is 0 Å². The number of ether oxygens (including phenoxy) is 1. The standard InChI is InChI=1S/C11H18N4O3/c1-3-8-14-9(6-10(16)15-8)13-7-11(17)12-4-5-18-2/h6H,3-5,7H2,1-2H3,(H,12,17)(H2,13,14,15,16). The van der Waals surface area contributed by atoms with Crippen molar-refractivity contribution in [1.82, 2.24) is 15.3 Å². The van der Waals surface area contributed by atoms with Crippen LogP contribution in [0.1, 0.15) is 12.7 Å². The lowest BCUT2D eigenvalue weighted by atomic mass is 10.4. The Hall–Kier alpha value is -1.89. The molecular weight excluding hydrogens is 236 g/mol. The predicted octanol–water partition coefficient (Wildman–Crippen LogP) is -0.493. The summed E-state index contributed by atoms with van der Waals surface area (Å²) in [4.78, 5) is 29.4. The molecule has 3 N–H and O–H groups in total. The molecule has 1 rings (SSSR count). The lowest BCUT2D eigenvalue weighted by molar-refractivity contribution is -0.119. The van der Waals surface area contributed by atoms with Crippen molar-refractivity contribution < 1.29 is 9.53 Å². The van der Waals surface area contributed by atoms with Gasteiger partial charge in [-0.3, -0.25) is 9.59 Å². The Morgan fingerprint density at radius 3 is 3.00 bits per heavy atom. The molecule has 7 nitrogen and oxygen atoms in total. The van der Waals surface area contributed by atoms with E-state index in [9.17, 15) is 9.59 Å². The lowest BCUT2D eigenvalue weighted by Crippen LogP contribution is -2.32. The minimum absolute atomic E-state index is 0.0727. The van der Waals surface area contributed by atoms with E-state index in [4.69, 9.17) is 4.74 Å². The van der Waals surface area contributed by atoms with E-state index in [0.717, 1.165) is 0 Å². The summed E-state index contributed by atoms with van der Waals surface area (Å²) in [6, 6.07) is 1.32. The van der Waals surface area contributed by atoms with E-state index < -0.39 is 0 Å². The Bertz CT molecular complexity index is 444. The normalized spacial score (nSPS) is 10.1. The van der Waals surface area contributed by atoms with Gasteiger partial charge in [-0.15, -0.1) is 0 Å². The van der Waals surface area contributed by atoms with Gasteiger partial charge in [0.15, 0.2) is 0 Å². The van der Waals surface area contributed by atoms with Crippen LogP contribution in [0.25, 0.3) is 0 Å². The van der Waals surface area contributed by atoms with Gasteiger partial charge in [0.2, 0.25) is 5.91 Å². The molecule has 0 bridgehead atoms. The number of aromatic nitrogens is 2. The quantitative estimate of drug-likeness (QED) is 0.570. The van der Waals surface area contributed by atoms with Crippen LogP contribution >= 0.6 is 0 Å². The van der Waals surface area contributed by atoms with Crippen molar-refractivity contribution in [2.24, 2.45) is 0 Å². The molecule has 1 aromatic rings. The van der Waals surface area contributed by atoms with Crippen molar-refractivity contribution in [3.63, 3.8) is 0 Å². The number of amides is 1. The molecule has 0 unspecified atom stereocenters. The zero-order valence-corrected chi connectivity index (χ0v) is 10.6. The lowest BCUT2D eigenvalue weighted by Gasteiger charge is -2.07. The summed E-state index contributed by atoms with van der Waals surface area (Å²) in [5.41, 5.74) is -0.232. The Labute approximate surface area is 105 Å². The number of anilines is 1. The summed E-state index contributed by atoms with van der Waals surface area (Å²) >= 11 is 0. The first kappa shape index (κ1) is 14.2. The second kappa shape index (κ2) is 7.44. The minimum Gasteiger partial charge on any atom is -0.383 e. The van der Waals surface area contributed by atoms with Gasteiger partial charge in [-0.05, 0) is 0 Å². The topological polar surface area (TPSA) is 96.1 Å². The average Bonchev–Trinajstić information content (AvgIpc) is 2.36. The number of rotatable bonds is 7. The molecule has 1 heterocycles. The summed E-state index contributed by atoms with van der Waals surface area (Å²) in [5.74, 6) is 0.814. The second-order valence-corrected chi connectivity index (χ2v) is 3.63. The zero-order chi connectivity index (χ0) is 13.4. The Morgan fingerprint density at radius 2 is 2.33 bits per heavy atom. The molecule has 0 aliphatic carbocycles. The summed E-state index contributed by atoms with van der Waals surface area (Å²) in [7, 11) is 1.57.